The third-order valence-corrected chi connectivity index (χ3v) is 3.29. The van der Waals surface area contributed by atoms with Gasteiger partial charge in [-0.1, -0.05) is 30.3 Å². The lowest BCUT2D eigenvalue weighted by Gasteiger charge is -2.24. The van der Waals surface area contributed by atoms with Crippen molar-refractivity contribution in [1.82, 2.24) is 4.57 Å². The summed E-state index contributed by atoms with van der Waals surface area (Å²) in [6, 6.07) is 14.0. The summed E-state index contributed by atoms with van der Waals surface area (Å²) >= 11 is 0. The van der Waals surface area contributed by atoms with Crippen molar-refractivity contribution in [2.24, 2.45) is 0 Å². The van der Waals surface area contributed by atoms with Gasteiger partial charge in [-0.3, -0.25) is 9.36 Å². The largest absolute Gasteiger partial charge is 0.367 e. The molecule has 3 rings (SSSR count). The fraction of sp³-hybridized carbons (Fsp3) is 0.267. The number of rotatable bonds is 3. The number of hydrogen-bond acceptors (Lipinski definition) is 2. The quantitative estimate of drug-likeness (QED) is 0.826. The van der Waals surface area contributed by atoms with Gasteiger partial charge in [-0.25, -0.2) is 0 Å². The molecule has 1 aromatic heterocycles. The Morgan fingerprint density at radius 3 is 2.83 bits per heavy atom. The summed E-state index contributed by atoms with van der Waals surface area (Å²) in [6.07, 6.45) is 3.17. The van der Waals surface area contributed by atoms with E-state index < -0.39 is 0 Å². The summed E-state index contributed by atoms with van der Waals surface area (Å²) in [5, 5.41) is 0. The van der Waals surface area contributed by atoms with Gasteiger partial charge >= 0.3 is 0 Å². The van der Waals surface area contributed by atoms with Crippen LogP contribution >= 0.6 is 0 Å². The number of carbonyl (C=O) groups excluding carboxylic acids is 1. The van der Waals surface area contributed by atoms with Crippen molar-refractivity contribution in [3.8, 4) is 0 Å². The smallest absolute Gasteiger partial charge is 0.230 e. The summed E-state index contributed by atoms with van der Waals surface area (Å²) < 4.78 is 7.64. The maximum Gasteiger partial charge on any atom is 0.230 e. The molecule has 1 aliphatic rings. The highest BCUT2D eigenvalue weighted by atomic mass is 16.5. The third-order valence-electron chi connectivity index (χ3n) is 3.29. The van der Waals surface area contributed by atoms with Gasteiger partial charge in [0.1, 0.15) is 0 Å². The first kappa shape index (κ1) is 11.2. The van der Waals surface area contributed by atoms with Crippen molar-refractivity contribution in [2.45, 2.75) is 25.6 Å². The van der Waals surface area contributed by atoms with Crippen LogP contribution in [0.15, 0.2) is 48.7 Å². The van der Waals surface area contributed by atoms with Crippen LogP contribution in [0.3, 0.4) is 0 Å². The van der Waals surface area contributed by atoms with Crippen molar-refractivity contribution in [3.63, 3.8) is 0 Å². The SMILES string of the molecule is O=C1CC[C@@H](OCc2ccccc2)c2cccn21. The zero-order chi connectivity index (χ0) is 12.4. The number of nitrogens with zero attached hydrogens (tertiary/aromatic N) is 1. The molecule has 3 heteroatoms. The van der Waals surface area contributed by atoms with E-state index in [0.29, 0.717) is 13.0 Å². The average Bonchev–Trinajstić information content (AvgIpc) is 2.90. The van der Waals surface area contributed by atoms with Gasteiger partial charge in [0.2, 0.25) is 5.91 Å². The van der Waals surface area contributed by atoms with E-state index in [9.17, 15) is 4.79 Å². The fourth-order valence-corrected chi connectivity index (χ4v) is 2.35. The van der Waals surface area contributed by atoms with E-state index in [0.717, 1.165) is 17.7 Å². The van der Waals surface area contributed by atoms with Crippen molar-refractivity contribution in [3.05, 3.63) is 59.9 Å². The van der Waals surface area contributed by atoms with Gasteiger partial charge in [-0.15, -0.1) is 0 Å². The molecule has 0 saturated heterocycles. The number of hydrogen-bond donors (Lipinski definition) is 0. The lowest BCUT2D eigenvalue weighted by molar-refractivity contribution is 0.0196. The molecule has 1 aromatic carbocycles. The van der Waals surface area contributed by atoms with Crippen LogP contribution < -0.4 is 0 Å². The second-order valence-corrected chi connectivity index (χ2v) is 4.52. The number of ether oxygens (including phenoxy) is 1. The Bertz CT molecular complexity index is 545. The number of fused-ring (bicyclic) bond motifs is 1. The van der Waals surface area contributed by atoms with Crippen molar-refractivity contribution in [1.29, 1.82) is 0 Å². The number of carbonyl (C=O) groups is 1. The Hall–Kier alpha value is -1.87. The minimum absolute atomic E-state index is 0.0258. The Labute approximate surface area is 106 Å². The van der Waals surface area contributed by atoms with Crippen molar-refractivity contribution >= 4 is 5.91 Å². The predicted molar refractivity (Wildman–Crippen MR) is 68.3 cm³/mol. The molecule has 0 amide bonds. The molecule has 0 bridgehead atoms. The van der Waals surface area contributed by atoms with Crippen molar-refractivity contribution in [2.75, 3.05) is 0 Å². The molecule has 0 N–H and O–H groups in total. The van der Waals surface area contributed by atoms with Gasteiger partial charge in [-0.05, 0) is 24.1 Å². The molecule has 0 radical (unpaired) electrons. The van der Waals surface area contributed by atoms with Crippen LogP contribution in [0.1, 0.15) is 35.0 Å². The molecule has 0 aliphatic carbocycles. The van der Waals surface area contributed by atoms with E-state index in [2.05, 4.69) is 0 Å². The molecule has 0 saturated carbocycles. The second kappa shape index (κ2) is 4.78. The second-order valence-electron chi connectivity index (χ2n) is 4.52. The first-order valence-corrected chi connectivity index (χ1v) is 6.20. The zero-order valence-corrected chi connectivity index (χ0v) is 10.1. The standard InChI is InChI=1S/C15H15NO2/c17-15-9-8-14(13-7-4-10-16(13)15)18-11-12-5-2-1-3-6-12/h1-7,10,14H,8-9,11H2/t14-/m1/s1. The van der Waals surface area contributed by atoms with E-state index in [-0.39, 0.29) is 12.0 Å². The molecular weight excluding hydrogens is 226 g/mol. The average molecular weight is 241 g/mol. The summed E-state index contributed by atoms with van der Waals surface area (Å²) in [6.45, 7) is 0.588. The minimum Gasteiger partial charge on any atom is -0.367 e. The first-order valence-electron chi connectivity index (χ1n) is 6.20. The van der Waals surface area contributed by atoms with E-state index in [4.69, 9.17) is 4.74 Å². The lowest BCUT2D eigenvalue weighted by Crippen LogP contribution is -2.23. The van der Waals surface area contributed by atoms with Crippen LogP contribution in [0.4, 0.5) is 0 Å². The van der Waals surface area contributed by atoms with Gasteiger partial charge in [0.05, 0.1) is 18.4 Å². The van der Waals surface area contributed by atoms with Crippen molar-refractivity contribution < 1.29 is 9.53 Å². The van der Waals surface area contributed by atoms with Crippen LogP contribution in [0.25, 0.3) is 0 Å². The van der Waals surface area contributed by atoms with Gasteiger partial charge in [0.25, 0.3) is 0 Å². The maximum atomic E-state index is 11.7. The van der Waals surface area contributed by atoms with Crippen LogP contribution in [0.2, 0.25) is 0 Å². The van der Waals surface area contributed by atoms with Gasteiger partial charge < -0.3 is 4.74 Å². The Balaban J connectivity index is 1.72. The van der Waals surface area contributed by atoms with E-state index in [1.54, 1.807) is 4.57 Å². The number of benzene rings is 1. The highest BCUT2D eigenvalue weighted by Crippen LogP contribution is 2.29. The summed E-state index contributed by atoms with van der Waals surface area (Å²) in [5.41, 5.74) is 2.13. The normalized spacial score (nSPS) is 18.7. The number of aromatic nitrogens is 1. The molecule has 92 valence electrons. The molecule has 2 heterocycles. The summed E-state index contributed by atoms with van der Waals surface area (Å²) in [5.74, 6) is 0.162. The highest BCUT2D eigenvalue weighted by Gasteiger charge is 2.25. The Kier molecular flexibility index (Phi) is 2.99. The van der Waals surface area contributed by atoms with E-state index >= 15 is 0 Å². The first-order chi connectivity index (χ1) is 8.84. The third kappa shape index (κ3) is 2.09. The molecular formula is C15H15NO2. The topological polar surface area (TPSA) is 31.2 Å². The maximum absolute atomic E-state index is 11.7. The van der Waals surface area contributed by atoms with Gasteiger partial charge in [-0.2, -0.15) is 0 Å². The van der Waals surface area contributed by atoms with E-state index in [1.165, 1.54) is 0 Å². The molecule has 0 spiro atoms. The molecule has 3 nitrogen and oxygen atoms in total. The van der Waals surface area contributed by atoms with Crippen LogP contribution in [-0.4, -0.2) is 10.5 Å². The summed E-state index contributed by atoms with van der Waals surface area (Å²) in [7, 11) is 0. The Morgan fingerprint density at radius 1 is 1.17 bits per heavy atom. The molecule has 1 atom stereocenters. The van der Waals surface area contributed by atoms with Crippen LogP contribution in [0, 0.1) is 0 Å². The van der Waals surface area contributed by atoms with Crippen LogP contribution in [-0.2, 0) is 11.3 Å². The molecule has 0 unspecified atom stereocenters. The fourth-order valence-electron chi connectivity index (χ4n) is 2.35. The summed E-state index contributed by atoms with van der Waals surface area (Å²) in [4.78, 5) is 11.7. The monoisotopic (exact) mass is 241 g/mol. The lowest BCUT2D eigenvalue weighted by atomic mass is 10.1. The Morgan fingerprint density at radius 2 is 2.00 bits per heavy atom. The molecule has 0 fully saturated rings. The highest BCUT2D eigenvalue weighted by molar-refractivity contribution is 5.81. The van der Waals surface area contributed by atoms with E-state index in [1.807, 2.05) is 48.7 Å². The molecule has 1 aliphatic heterocycles. The van der Waals surface area contributed by atoms with Crippen LogP contribution in [0.5, 0.6) is 0 Å². The molecule has 18 heavy (non-hydrogen) atoms. The minimum atomic E-state index is 0.0258. The van der Waals surface area contributed by atoms with Gasteiger partial charge in [0, 0.05) is 12.6 Å². The zero-order valence-electron chi connectivity index (χ0n) is 10.1. The predicted octanol–water partition coefficient (Wildman–Crippen LogP) is 3.18. The molecule has 2 aromatic rings. The van der Waals surface area contributed by atoms with Gasteiger partial charge in [0.15, 0.2) is 0 Å².